The summed E-state index contributed by atoms with van der Waals surface area (Å²) >= 11 is 7.33. The number of nitrogens with zero attached hydrogens (tertiary/aromatic N) is 2. The number of amides is 2. The molecule has 1 aliphatic heterocycles. The molecule has 0 bridgehead atoms. The van der Waals surface area contributed by atoms with E-state index >= 15 is 0 Å². The molecule has 138 valence electrons. The lowest BCUT2D eigenvalue weighted by Crippen LogP contribution is -2.50. The number of nitrogens with one attached hydrogen (secondary N) is 1. The van der Waals surface area contributed by atoms with Crippen molar-refractivity contribution in [3.8, 4) is 0 Å². The zero-order chi connectivity index (χ0) is 18.4. The van der Waals surface area contributed by atoms with E-state index in [9.17, 15) is 9.59 Å². The van der Waals surface area contributed by atoms with E-state index in [1.165, 1.54) is 11.3 Å². The molecule has 0 spiro atoms. The summed E-state index contributed by atoms with van der Waals surface area (Å²) in [5.74, 6) is 0.134. The van der Waals surface area contributed by atoms with Crippen LogP contribution in [0.2, 0.25) is 5.02 Å². The molecule has 1 N–H and O–H groups in total. The van der Waals surface area contributed by atoms with E-state index in [1.54, 1.807) is 12.1 Å². The largest absolute Gasteiger partial charge is 0.355 e. The highest BCUT2D eigenvalue weighted by molar-refractivity contribution is 7.12. The maximum Gasteiger partial charge on any atom is 0.264 e. The zero-order valence-corrected chi connectivity index (χ0v) is 16.1. The van der Waals surface area contributed by atoms with Gasteiger partial charge in [0.25, 0.3) is 5.91 Å². The van der Waals surface area contributed by atoms with E-state index < -0.39 is 0 Å². The highest BCUT2D eigenvalue weighted by atomic mass is 35.5. The van der Waals surface area contributed by atoms with E-state index in [-0.39, 0.29) is 11.8 Å². The molecular weight excluding hydrogens is 370 g/mol. The van der Waals surface area contributed by atoms with Gasteiger partial charge in [0, 0.05) is 44.3 Å². The van der Waals surface area contributed by atoms with Crippen LogP contribution in [0.4, 0.5) is 0 Å². The fourth-order valence-corrected chi connectivity index (χ4v) is 3.75. The lowest BCUT2D eigenvalue weighted by atomic mass is 10.1. The summed E-state index contributed by atoms with van der Waals surface area (Å²) in [6.45, 7) is 4.55. The lowest BCUT2D eigenvalue weighted by molar-refractivity contribution is -0.120. The topological polar surface area (TPSA) is 52.7 Å². The SMILES string of the molecule is O=C(Cc1ccc(Cl)cc1)NCCN1CCN(C(=O)c2cccs2)CC1. The summed E-state index contributed by atoms with van der Waals surface area (Å²) in [6.07, 6.45) is 0.361. The first-order chi connectivity index (χ1) is 12.6. The second-order valence-electron chi connectivity index (χ2n) is 6.26. The molecule has 2 heterocycles. The van der Waals surface area contributed by atoms with Gasteiger partial charge in [0.2, 0.25) is 5.91 Å². The molecule has 7 heteroatoms. The van der Waals surface area contributed by atoms with Crippen LogP contribution >= 0.6 is 22.9 Å². The molecule has 1 aliphatic rings. The average molecular weight is 392 g/mol. The van der Waals surface area contributed by atoms with Crippen molar-refractivity contribution in [1.29, 1.82) is 0 Å². The minimum absolute atomic E-state index is 0.0128. The quantitative estimate of drug-likeness (QED) is 0.823. The van der Waals surface area contributed by atoms with Crippen molar-refractivity contribution in [3.63, 3.8) is 0 Å². The Hall–Kier alpha value is -1.89. The third kappa shape index (κ3) is 5.30. The first kappa shape index (κ1) is 18.9. The number of benzene rings is 1. The molecule has 0 saturated carbocycles. The molecule has 0 radical (unpaired) electrons. The van der Waals surface area contributed by atoms with Crippen molar-refractivity contribution in [1.82, 2.24) is 15.1 Å². The molecule has 1 fully saturated rings. The number of hydrogen-bond donors (Lipinski definition) is 1. The van der Waals surface area contributed by atoms with E-state index in [4.69, 9.17) is 11.6 Å². The van der Waals surface area contributed by atoms with E-state index in [0.29, 0.717) is 18.0 Å². The van der Waals surface area contributed by atoms with E-state index in [2.05, 4.69) is 10.2 Å². The number of carbonyl (C=O) groups is 2. The summed E-state index contributed by atoms with van der Waals surface area (Å²) in [5.41, 5.74) is 0.951. The van der Waals surface area contributed by atoms with Gasteiger partial charge in [-0.2, -0.15) is 0 Å². The summed E-state index contributed by atoms with van der Waals surface area (Å²) in [5, 5.41) is 5.56. The van der Waals surface area contributed by atoms with Gasteiger partial charge in [-0.25, -0.2) is 0 Å². The summed E-state index contributed by atoms with van der Waals surface area (Å²) in [4.78, 5) is 29.3. The normalized spacial score (nSPS) is 15.0. The Kier molecular flexibility index (Phi) is 6.66. The number of piperazine rings is 1. The molecule has 1 aromatic heterocycles. The van der Waals surface area contributed by atoms with Crippen LogP contribution in [0.5, 0.6) is 0 Å². The van der Waals surface area contributed by atoms with Crippen LogP contribution in [0.3, 0.4) is 0 Å². The van der Waals surface area contributed by atoms with Gasteiger partial charge in [0.05, 0.1) is 11.3 Å². The number of halogens is 1. The van der Waals surface area contributed by atoms with Gasteiger partial charge in [-0.1, -0.05) is 29.8 Å². The van der Waals surface area contributed by atoms with Gasteiger partial charge in [-0.3, -0.25) is 14.5 Å². The van der Waals surface area contributed by atoms with Crippen LogP contribution in [0, 0.1) is 0 Å². The van der Waals surface area contributed by atoms with Crippen molar-refractivity contribution in [2.24, 2.45) is 0 Å². The lowest BCUT2D eigenvalue weighted by Gasteiger charge is -2.34. The Morgan fingerprint density at radius 3 is 2.46 bits per heavy atom. The summed E-state index contributed by atoms with van der Waals surface area (Å²) in [7, 11) is 0. The molecule has 3 rings (SSSR count). The number of thiophene rings is 1. The Morgan fingerprint density at radius 1 is 1.08 bits per heavy atom. The smallest absolute Gasteiger partial charge is 0.264 e. The standard InChI is InChI=1S/C19H22ClN3O2S/c20-16-5-3-15(4-6-16)14-18(24)21-7-8-22-9-11-23(12-10-22)19(25)17-2-1-13-26-17/h1-6,13H,7-12,14H2,(H,21,24). The van der Waals surface area contributed by atoms with Gasteiger partial charge in [-0.05, 0) is 29.1 Å². The minimum Gasteiger partial charge on any atom is -0.355 e. The third-order valence-corrected chi connectivity index (χ3v) is 5.53. The van der Waals surface area contributed by atoms with Gasteiger partial charge in [-0.15, -0.1) is 11.3 Å². The Labute approximate surface area is 162 Å². The molecule has 2 aromatic rings. The van der Waals surface area contributed by atoms with Crippen molar-refractivity contribution in [3.05, 3.63) is 57.2 Å². The number of rotatable bonds is 6. The minimum atomic E-state index is 0.0128. The van der Waals surface area contributed by atoms with E-state index in [0.717, 1.165) is 43.2 Å². The Bertz CT molecular complexity index is 726. The van der Waals surface area contributed by atoms with Crippen LogP contribution < -0.4 is 5.32 Å². The first-order valence-corrected chi connectivity index (χ1v) is 9.94. The molecular formula is C19H22ClN3O2S. The van der Waals surface area contributed by atoms with Gasteiger partial charge >= 0.3 is 0 Å². The second kappa shape index (κ2) is 9.16. The Balaban J connectivity index is 1.34. The molecule has 0 atom stereocenters. The van der Waals surface area contributed by atoms with Gasteiger partial charge in [0.1, 0.15) is 0 Å². The van der Waals surface area contributed by atoms with Crippen LogP contribution in [0.1, 0.15) is 15.2 Å². The molecule has 1 saturated heterocycles. The average Bonchev–Trinajstić information content (AvgIpc) is 3.18. The monoisotopic (exact) mass is 391 g/mol. The molecule has 1 aromatic carbocycles. The van der Waals surface area contributed by atoms with Crippen LogP contribution in [-0.2, 0) is 11.2 Å². The molecule has 26 heavy (non-hydrogen) atoms. The predicted octanol–water partition coefficient (Wildman–Crippen LogP) is 2.52. The van der Waals surface area contributed by atoms with E-state index in [1.807, 2.05) is 34.5 Å². The fraction of sp³-hybridized carbons (Fsp3) is 0.368. The third-order valence-electron chi connectivity index (χ3n) is 4.42. The maximum absolute atomic E-state index is 12.3. The van der Waals surface area contributed by atoms with Crippen molar-refractivity contribution in [2.45, 2.75) is 6.42 Å². The number of carbonyl (C=O) groups excluding carboxylic acids is 2. The number of hydrogen-bond acceptors (Lipinski definition) is 4. The zero-order valence-electron chi connectivity index (χ0n) is 14.5. The van der Waals surface area contributed by atoms with Crippen LogP contribution in [-0.4, -0.2) is 60.9 Å². The van der Waals surface area contributed by atoms with Gasteiger partial charge < -0.3 is 10.2 Å². The highest BCUT2D eigenvalue weighted by Crippen LogP contribution is 2.13. The van der Waals surface area contributed by atoms with Gasteiger partial charge in [0.15, 0.2) is 0 Å². The fourth-order valence-electron chi connectivity index (χ4n) is 2.93. The van der Waals surface area contributed by atoms with Crippen LogP contribution in [0.15, 0.2) is 41.8 Å². The van der Waals surface area contributed by atoms with Crippen LogP contribution in [0.25, 0.3) is 0 Å². The first-order valence-electron chi connectivity index (χ1n) is 8.68. The van der Waals surface area contributed by atoms with Crippen molar-refractivity contribution in [2.75, 3.05) is 39.3 Å². The summed E-state index contributed by atoms with van der Waals surface area (Å²) in [6, 6.07) is 11.1. The van der Waals surface area contributed by atoms with Crippen molar-refractivity contribution < 1.29 is 9.59 Å². The maximum atomic E-state index is 12.3. The Morgan fingerprint density at radius 2 is 1.81 bits per heavy atom. The highest BCUT2D eigenvalue weighted by Gasteiger charge is 2.22. The second-order valence-corrected chi connectivity index (χ2v) is 7.65. The molecule has 5 nitrogen and oxygen atoms in total. The predicted molar refractivity (Wildman–Crippen MR) is 105 cm³/mol. The molecule has 0 unspecified atom stereocenters. The molecule has 0 aliphatic carbocycles. The molecule has 2 amide bonds. The van der Waals surface area contributed by atoms with Crippen molar-refractivity contribution >= 4 is 34.8 Å². The summed E-state index contributed by atoms with van der Waals surface area (Å²) < 4.78 is 0.